The molecule has 1 aliphatic heterocycles. The summed E-state index contributed by atoms with van der Waals surface area (Å²) in [7, 11) is 0. The van der Waals surface area contributed by atoms with Gasteiger partial charge >= 0.3 is 0 Å². The molecule has 1 rings (SSSR count). The molecule has 4 atom stereocenters. The van der Waals surface area contributed by atoms with Crippen LogP contribution < -0.4 is 0 Å². The summed E-state index contributed by atoms with van der Waals surface area (Å²) < 4.78 is 10.9. The lowest BCUT2D eigenvalue weighted by molar-refractivity contribution is -0.0996. The molecule has 24 heavy (non-hydrogen) atoms. The van der Waals surface area contributed by atoms with Crippen LogP contribution in [0.4, 0.5) is 0 Å². The zero-order valence-electron chi connectivity index (χ0n) is 15.1. The first-order chi connectivity index (χ1) is 11.7. The van der Waals surface area contributed by atoms with Crippen molar-refractivity contribution in [1.29, 1.82) is 0 Å². The quantitative estimate of drug-likeness (QED) is 0.333. The third-order valence-corrected chi connectivity index (χ3v) is 4.49. The smallest absolute Gasteiger partial charge is 0.114 e. The highest BCUT2D eigenvalue weighted by Crippen LogP contribution is 2.19. The number of ether oxygens (including phenoxy) is 2. The average Bonchev–Trinajstić information content (AvgIpc) is 2.92. The number of hydrogen-bond donors (Lipinski definition) is 3. The van der Waals surface area contributed by atoms with E-state index < -0.39 is 24.4 Å². The van der Waals surface area contributed by atoms with Crippen molar-refractivity contribution in [3.8, 4) is 0 Å². The highest BCUT2D eigenvalue weighted by atomic mass is 16.6. The summed E-state index contributed by atoms with van der Waals surface area (Å²) >= 11 is 0. The molecule has 1 aliphatic rings. The molecule has 0 radical (unpaired) electrons. The molecule has 0 unspecified atom stereocenters. The fourth-order valence-corrected chi connectivity index (χ4v) is 2.95. The normalized spacial score (nSPS) is 25.6. The van der Waals surface area contributed by atoms with Gasteiger partial charge in [0.2, 0.25) is 0 Å². The van der Waals surface area contributed by atoms with Crippen LogP contribution in [0.25, 0.3) is 0 Å². The maximum atomic E-state index is 9.77. The van der Waals surface area contributed by atoms with Crippen LogP contribution in [0.1, 0.15) is 64.7 Å². The van der Waals surface area contributed by atoms with Crippen molar-refractivity contribution < 1.29 is 24.8 Å². The summed E-state index contributed by atoms with van der Waals surface area (Å²) in [5, 5.41) is 28.6. The zero-order chi connectivity index (χ0) is 17.6. The lowest BCUT2D eigenvalue weighted by Crippen LogP contribution is -2.42. The first-order valence-corrected chi connectivity index (χ1v) is 9.55. The van der Waals surface area contributed by atoms with Crippen LogP contribution in [0.5, 0.6) is 0 Å². The molecule has 0 aromatic carbocycles. The van der Waals surface area contributed by atoms with Gasteiger partial charge in [0.15, 0.2) is 0 Å². The van der Waals surface area contributed by atoms with Crippen LogP contribution in [-0.4, -0.2) is 59.6 Å². The summed E-state index contributed by atoms with van der Waals surface area (Å²) in [4.78, 5) is 0. The van der Waals surface area contributed by atoms with E-state index in [0.29, 0.717) is 6.61 Å². The average molecular weight is 344 g/mol. The number of aliphatic hydroxyl groups is 3. The molecular weight excluding hydrogens is 308 g/mol. The van der Waals surface area contributed by atoms with Gasteiger partial charge < -0.3 is 24.8 Å². The van der Waals surface area contributed by atoms with E-state index >= 15 is 0 Å². The Morgan fingerprint density at radius 2 is 1.71 bits per heavy atom. The monoisotopic (exact) mass is 344 g/mol. The van der Waals surface area contributed by atoms with Crippen molar-refractivity contribution in [2.45, 2.75) is 89.1 Å². The van der Waals surface area contributed by atoms with E-state index in [9.17, 15) is 15.3 Å². The molecule has 1 heterocycles. The number of allylic oxidation sites excluding steroid dienone is 1. The third-order valence-electron chi connectivity index (χ3n) is 4.49. The molecule has 3 N–H and O–H groups in total. The molecular formula is C19H36O5. The Balaban J connectivity index is 2.00. The van der Waals surface area contributed by atoms with E-state index in [2.05, 4.69) is 19.1 Å². The van der Waals surface area contributed by atoms with Crippen molar-refractivity contribution in [2.75, 3.05) is 19.8 Å². The lowest BCUT2D eigenvalue weighted by atomic mass is 10.1. The Kier molecular flexibility index (Phi) is 12.4. The minimum atomic E-state index is -0.991. The number of hydrogen-bond acceptors (Lipinski definition) is 5. The molecule has 1 saturated heterocycles. The van der Waals surface area contributed by atoms with Gasteiger partial charge in [-0.25, -0.2) is 0 Å². The maximum absolute atomic E-state index is 9.77. The SMILES string of the molecule is CCCCCCCCC/C=C/CCO[C@@H](CO)[C@H]1OC[C@@H](O)[C@H]1O. The van der Waals surface area contributed by atoms with Crippen molar-refractivity contribution in [2.24, 2.45) is 0 Å². The molecule has 0 aromatic heterocycles. The summed E-state index contributed by atoms with van der Waals surface area (Å²) in [5.74, 6) is 0. The Bertz CT molecular complexity index is 321. The number of rotatable bonds is 14. The van der Waals surface area contributed by atoms with Crippen LogP contribution in [0.3, 0.4) is 0 Å². The summed E-state index contributed by atoms with van der Waals surface area (Å²) in [6.07, 6.45) is 12.3. The molecule has 0 bridgehead atoms. The van der Waals surface area contributed by atoms with E-state index in [0.717, 1.165) is 12.8 Å². The van der Waals surface area contributed by atoms with E-state index in [1.165, 1.54) is 44.9 Å². The van der Waals surface area contributed by atoms with Crippen LogP contribution in [0.2, 0.25) is 0 Å². The van der Waals surface area contributed by atoms with Gasteiger partial charge in [-0.2, -0.15) is 0 Å². The largest absolute Gasteiger partial charge is 0.394 e. The van der Waals surface area contributed by atoms with Crippen molar-refractivity contribution in [3.05, 3.63) is 12.2 Å². The second-order valence-corrected chi connectivity index (χ2v) is 6.62. The Morgan fingerprint density at radius 3 is 2.33 bits per heavy atom. The Labute approximate surface area is 146 Å². The number of aliphatic hydroxyl groups excluding tert-OH is 3. The van der Waals surface area contributed by atoms with Crippen molar-refractivity contribution in [1.82, 2.24) is 0 Å². The van der Waals surface area contributed by atoms with Crippen LogP contribution in [0, 0.1) is 0 Å². The lowest BCUT2D eigenvalue weighted by Gasteiger charge is -2.24. The fourth-order valence-electron chi connectivity index (χ4n) is 2.95. The fraction of sp³-hybridized carbons (Fsp3) is 0.895. The minimum Gasteiger partial charge on any atom is -0.394 e. The predicted molar refractivity (Wildman–Crippen MR) is 94.9 cm³/mol. The van der Waals surface area contributed by atoms with E-state index in [1.807, 2.05) is 0 Å². The van der Waals surface area contributed by atoms with Crippen LogP contribution in [0.15, 0.2) is 12.2 Å². The van der Waals surface area contributed by atoms with Crippen LogP contribution >= 0.6 is 0 Å². The number of unbranched alkanes of at least 4 members (excludes halogenated alkanes) is 7. The standard InChI is InChI=1S/C19H36O5/c1-2-3-4-5-6-7-8-9-10-11-12-13-23-17(14-20)19-18(22)16(21)15-24-19/h10-11,16-22H,2-9,12-15H2,1H3/b11-10+/t16-,17+,18-,19-/m1/s1. The van der Waals surface area contributed by atoms with Gasteiger partial charge in [-0.05, 0) is 19.3 Å². The van der Waals surface area contributed by atoms with Crippen molar-refractivity contribution >= 4 is 0 Å². The first-order valence-electron chi connectivity index (χ1n) is 9.55. The van der Waals surface area contributed by atoms with E-state index in [-0.39, 0.29) is 13.2 Å². The Hall–Kier alpha value is -0.460. The topological polar surface area (TPSA) is 79.2 Å². The van der Waals surface area contributed by atoms with Gasteiger partial charge in [0, 0.05) is 0 Å². The first kappa shape index (κ1) is 21.6. The molecule has 5 heteroatoms. The molecule has 0 spiro atoms. The summed E-state index contributed by atoms with van der Waals surface area (Å²) in [5.41, 5.74) is 0. The maximum Gasteiger partial charge on any atom is 0.114 e. The molecule has 1 fully saturated rings. The van der Waals surface area contributed by atoms with Gasteiger partial charge in [0.1, 0.15) is 24.4 Å². The van der Waals surface area contributed by atoms with E-state index in [1.54, 1.807) is 0 Å². The zero-order valence-corrected chi connectivity index (χ0v) is 15.1. The van der Waals surface area contributed by atoms with Crippen molar-refractivity contribution in [3.63, 3.8) is 0 Å². The second-order valence-electron chi connectivity index (χ2n) is 6.62. The molecule has 5 nitrogen and oxygen atoms in total. The van der Waals surface area contributed by atoms with E-state index in [4.69, 9.17) is 9.47 Å². The Morgan fingerprint density at radius 1 is 1.04 bits per heavy atom. The molecule has 0 saturated carbocycles. The highest BCUT2D eigenvalue weighted by Gasteiger charge is 2.40. The minimum absolute atomic E-state index is 0.0873. The molecule has 0 aliphatic carbocycles. The second kappa shape index (κ2) is 13.8. The van der Waals surface area contributed by atoms with Gasteiger partial charge in [0.05, 0.1) is 19.8 Å². The molecule has 0 aromatic rings. The van der Waals surface area contributed by atoms with Crippen LogP contribution in [-0.2, 0) is 9.47 Å². The molecule has 142 valence electrons. The van der Waals surface area contributed by atoms with Gasteiger partial charge in [-0.1, -0.05) is 57.6 Å². The third kappa shape index (κ3) is 8.58. The predicted octanol–water partition coefficient (Wildman–Crippen LogP) is 2.57. The van der Waals surface area contributed by atoms with Gasteiger partial charge in [-0.3, -0.25) is 0 Å². The molecule has 0 amide bonds. The van der Waals surface area contributed by atoms with Gasteiger partial charge in [0.25, 0.3) is 0 Å². The summed E-state index contributed by atoms with van der Waals surface area (Å²) in [6.45, 7) is 2.57. The van der Waals surface area contributed by atoms with Gasteiger partial charge in [-0.15, -0.1) is 0 Å². The highest BCUT2D eigenvalue weighted by molar-refractivity contribution is 4.89. The summed E-state index contributed by atoms with van der Waals surface area (Å²) in [6, 6.07) is 0.